The molecule has 0 spiro atoms. The number of carbonyl (C=O) groups is 1. The lowest BCUT2D eigenvalue weighted by Crippen LogP contribution is -2.63. The van der Waals surface area contributed by atoms with Gasteiger partial charge in [-0.15, -0.1) is 0 Å². The second kappa shape index (κ2) is 6.19. The van der Waals surface area contributed by atoms with Crippen molar-refractivity contribution in [3.8, 4) is 0 Å². The Morgan fingerprint density at radius 3 is 2.78 bits per heavy atom. The number of hydrogen-bond acceptors (Lipinski definition) is 6. The number of anilines is 2. The van der Waals surface area contributed by atoms with Crippen molar-refractivity contribution in [2.24, 2.45) is 0 Å². The predicted octanol–water partition coefficient (Wildman–Crippen LogP) is 3.31. The van der Waals surface area contributed by atoms with Crippen LogP contribution in [0.5, 0.6) is 0 Å². The van der Waals surface area contributed by atoms with Gasteiger partial charge in [0.1, 0.15) is 15.7 Å². The van der Waals surface area contributed by atoms with Gasteiger partial charge in [0.2, 0.25) is 0 Å². The summed E-state index contributed by atoms with van der Waals surface area (Å²) in [7, 11) is 0. The summed E-state index contributed by atoms with van der Waals surface area (Å²) in [5.74, 6) is -0.507. The van der Waals surface area contributed by atoms with Crippen LogP contribution in [-0.4, -0.2) is 51.7 Å². The van der Waals surface area contributed by atoms with Gasteiger partial charge in [0.15, 0.2) is 5.82 Å². The van der Waals surface area contributed by atoms with Gasteiger partial charge >= 0.3 is 6.09 Å². The molecule has 4 rings (SSSR count). The summed E-state index contributed by atoms with van der Waals surface area (Å²) in [4.78, 5) is 24.5. The lowest BCUT2D eigenvalue weighted by molar-refractivity contribution is 0.0194. The van der Waals surface area contributed by atoms with Crippen molar-refractivity contribution in [3.05, 3.63) is 22.8 Å². The molecule has 2 saturated heterocycles. The Morgan fingerprint density at radius 2 is 2.07 bits per heavy atom. The van der Waals surface area contributed by atoms with Gasteiger partial charge in [-0.1, -0.05) is 0 Å². The van der Waals surface area contributed by atoms with Crippen molar-refractivity contribution in [2.75, 3.05) is 23.7 Å². The summed E-state index contributed by atoms with van der Waals surface area (Å²) in [6.07, 6.45) is 3.56. The molecule has 2 atom stereocenters. The summed E-state index contributed by atoms with van der Waals surface area (Å²) in [5, 5.41) is 0.574. The van der Waals surface area contributed by atoms with Crippen molar-refractivity contribution >= 4 is 44.3 Å². The zero-order valence-electron chi connectivity index (χ0n) is 15.4. The second-order valence-corrected chi connectivity index (χ2v) is 8.69. The van der Waals surface area contributed by atoms with E-state index in [2.05, 4.69) is 30.8 Å². The van der Waals surface area contributed by atoms with E-state index in [1.807, 2.05) is 20.8 Å². The highest BCUT2D eigenvalue weighted by molar-refractivity contribution is 9.10. The van der Waals surface area contributed by atoms with Gasteiger partial charge in [0.25, 0.3) is 0 Å². The van der Waals surface area contributed by atoms with Gasteiger partial charge < -0.3 is 20.3 Å². The van der Waals surface area contributed by atoms with Crippen LogP contribution in [0.4, 0.5) is 20.6 Å². The summed E-state index contributed by atoms with van der Waals surface area (Å²) >= 11 is 3.09. The summed E-state index contributed by atoms with van der Waals surface area (Å²) in [6, 6.07) is 0.188. The zero-order valence-corrected chi connectivity index (χ0v) is 17.0. The smallest absolute Gasteiger partial charge is 0.410 e. The van der Waals surface area contributed by atoms with Crippen LogP contribution >= 0.6 is 15.9 Å². The molecular weight excluding hydrogens is 417 g/mol. The van der Waals surface area contributed by atoms with Crippen LogP contribution in [0.1, 0.15) is 27.2 Å². The number of rotatable bonds is 1. The lowest BCUT2D eigenvalue weighted by Gasteiger charge is -2.48. The first-order valence-corrected chi connectivity index (χ1v) is 9.61. The van der Waals surface area contributed by atoms with Crippen molar-refractivity contribution in [2.45, 2.75) is 44.9 Å². The molecule has 0 unspecified atom stereocenters. The number of fused-ring (bicyclic) bond motifs is 2. The quantitative estimate of drug-likeness (QED) is 0.688. The minimum absolute atomic E-state index is 0.0655. The van der Waals surface area contributed by atoms with E-state index in [0.29, 0.717) is 24.2 Å². The third-order valence-corrected chi connectivity index (χ3v) is 5.57. The van der Waals surface area contributed by atoms with E-state index >= 15 is 0 Å². The largest absolute Gasteiger partial charge is 0.444 e. The molecule has 2 aliphatic heterocycles. The van der Waals surface area contributed by atoms with Crippen molar-refractivity contribution < 1.29 is 13.9 Å². The van der Waals surface area contributed by atoms with Crippen LogP contribution in [0.15, 0.2) is 17.0 Å². The standard InChI is InChI=1S/C18H21BrFN5O2/c1-18(2,3)27-17(26)24-5-4-11-12(24)8-25(11)15-9-6-23-16(19)13(20)14(9)22-7-10(15)21/h6-7,11-12H,4-5,8,21H2,1-3H3/t11-,12-/m1/s1. The Labute approximate surface area is 164 Å². The Balaban J connectivity index is 1.62. The van der Waals surface area contributed by atoms with E-state index in [1.54, 1.807) is 11.1 Å². The van der Waals surface area contributed by atoms with Crippen LogP contribution in [0, 0.1) is 5.82 Å². The van der Waals surface area contributed by atoms with E-state index in [4.69, 9.17) is 10.5 Å². The Bertz CT molecular complexity index is 932. The molecule has 0 saturated carbocycles. The third-order valence-electron chi connectivity index (χ3n) is 5.02. The summed E-state index contributed by atoms with van der Waals surface area (Å²) in [6.45, 7) is 6.81. The molecule has 2 aromatic heterocycles. The molecule has 0 bridgehead atoms. The zero-order chi connectivity index (χ0) is 19.5. The van der Waals surface area contributed by atoms with Gasteiger partial charge in [-0.25, -0.2) is 14.2 Å². The molecule has 4 heterocycles. The van der Waals surface area contributed by atoms with Crippen molar-refractivity contribution in [1.82, 2.24) is 14.9 Å². The number of ether oxygens (including phenoxy) is 1. The van der Waals surface area contributed by atoms with Gasteiger partial charge in [-0.3, -0.25) is 4.98 Å². The number of nitrogen functional groups attached to an aromatic ring is 1. The fraction of sp³-hybridized carbons (Fsp3) is 0.500. The van der Waals surface area contributed by atoms with Crippen LogP contribution in [0.25, 0.3) is 10.9 Å². The SMILES string of the molecule is CC(C)(C)OC(=O)N1CC[C@@H]2[C@H]1CN2c1c(N)cnc2c(F)c(Br)ncc12. The maximum atomic E-state index is 14.4. The number of likely N-dealkylation sites (tertiary alicyclic amines) is 1. The highest BCUT2D eigenvalue weighted by Crippen LogP contribution is 2.43. The highest BCUT2D eigenvalue weighted by atomic mass is 79.9. The second-order valence-electron chi connectivity index (χ2n) is 7.94. The summed E-state index contributed by atoms with van der Waals surface area (Å²) < 4.78 is 20.0. The van der Waals surface area contributed by atoms with E-state index in [0.717, 1.165) is 12.1 Å². The van der Waals surface area contributed by atoms with Crippen molar-refractivity contribution in [1.29, 1.82) is 0 Å². The van der Waals surface area contributed by atoms with E-state index in [-0.39, 0.29) is 28.3 Å². The first-order valence-electron chi connectivity index (χ1n) is 8.82. The fourth-order valence-electron chi connectivity index (χ4n) is 3.85. The van der Waals surface area contributed by atoms with Crippen LogP contribution < -0.4 is 10.6 Å². The molecular formula is C18H21BrFN5O2. The van der Waals surface area contributed by atoms with Gasteiger partial charge in [-0.2, -0.15) is 0 Å². The normalized spacial score (nSPS) is 22.0. The molecule has 7 nitrogen and oxygen atoms in total. The number of pyridine rings is 2. The van der Waals surface area contributed by atoms with Gasteiger partial charge in [0.05, 0.1) is 29.7 Å². The number of halogens is 2. The molecule has 1 amide bonds. The number of carbonyl (C=O) groups excluding carboxylic acids is 1. The van der Waals surface area contributed by atoms with Crippen LogP contribution in [0.3, 0.4) is 0 Å². The molecule has 2 N–H and O–H groups in total. The average molecular weight is 438 g/mol. The predicted molar refractivity (Wildman–Crippen MR) is 104 cm³/mol. The molecule has 2 aromatic rings. The molecule has 27 heavy (non-hydrogen) atoms. The molecule has 0 radical (unpaired) electrons. The molecule has 9 heteroatoms. The number of nitrogens with zero attached hydrogens (tertiary/aromatic N) is 4. The Hall–Kier alpha value is -2.16. The lowest BCUT2D eigenvalue weighted by atomic mass is 9.95. The first-order chi connectivity index (χ1) is 12.7. The number of hydrogen-bond donors (Lipinski definition) is 1. The number of amides is 1. The highest BCUT2D eigenvalue weighted by Gasteiger charge is 2.50. The maximum absolute atomic E-state index is 14.4. The minimum Gasteiger partial charge on any atom is -0.444 e. The first kappa shape index (κ1) is 18.2. The maximum Gasteiger partial charge on any atom is 0.410 e. The topological polar surface area (TPSA) is 84.6 Å². The van der Waals surface area contributed by atoms with E-state index in [1.165, 1.54) is 6.20 Å². The van der Waals surface area contributed by atoms with Crippen molar-refractivity contribution in [3.63, 3.8) is 0 Å². The molecule has 144 valence electrons. The fourth-order valence-corrected chi connectivity index (χ4v) is 4.14. The molecule has 2 aliphatic rings. The van der Waals surface area contributed by atoms with Gasteiger partial charge in [-0.05, 0) is 43.1 Å². The van der Waals surface area contributed by atoms with Crippen LogP contribution in [0.2, 0.25) is 0 Å². The average Bonchev–Trinajstić information content (AvgIpc) is 2.88. The van der Waals surface area contributed by atoms with E-state index < -0.39 is 11.4 Å². The molecule has 0 aliphatic carbocycles. The van der Waals surface area contributed by atoms with Gasteiger partial charge in [0, 0.05) is 24.7 Å². The van der Waals surface area contributed by atoms with E-state index in [9.17, 15) is 9.18 Å². The number of nitrogens with two attached hydrogens (primary N) is 1. The minimum atomic E-state index is -0.527. The third kappa shape index (κ3) is 2.97. The molecule has 0 aromatic carbocycles. The Kier molecular flexibility index (Phi) is 4.17. The Morgan fingerprint density at radius 1 is 1.33 bits per heavy atom. The number of aromatic nitrogens is 2. The summed E-state index contributed by atoms with van der Waals surface area (Å²) in [5.41, 5.74) is 7.08. The monoisotopic (exact) mass is 437 g/mol. The molecule has 2 fully saturated rings. The van der Waals surface area contributed by atoms with Crippen LogP contribution in [-0.2, 0) is 4.74 Å².